The van der Waals surface area contributed by atoms with Gasteiger partial charge in [-0.05, 0) is 49.1 Å². The second-order valence-electron chi connectivity index (χ2n) is 5.90. The number of fused-ring (bicyclic) bond motifs is 1. The smallest absolute Gasteiger partial charge is 0.232 e. The van der Waals surface area contributed by atoms with Crippen molar-refractivity contribution in [2.45, 2.75) is 20.3 Å². The molecule has 0 saturated carbocycles. The zero-order valence-corrected chi connectivity index (χ0v) is 14.7. The molecule has 0 bridgehead atoms. The zero-order valence-electron chi connectivity index (χ0n) is 13.9. The minimum Gasteiger partial charge on any atom is -0.507 e. The fraction of sp³-hybridized carbons (Fsp3) is 0.263. The van der Waals surface area contributed by atoms with Crippen LogP contribution in [0, 0.1) is 18.8 Å². The third kappa shape index (κ3) is 2.63. The summed E-state index contributed by atoms with van der Waals surface area (Å²) < 4.78 is 25.6. The Hall–Kier alpha value is -2.45. The van der Waals surface area contributed by atoms with Crippen LogP contribution in [0.5, 0.6) is 5.75 Å². The molecule has 0 aromatic heterocycles. The van der Waals surface area contributed by atoms with E-state index in [9.17, 15) is 13.5 Å². The summed E-state index contributed by atoms with van der Waals surface area (Å²) in [5.41, 5.74) is 4.93. The van der Waals surface area contributed by atoms with Crippen molar-refractivity contribution in [3.05, 3.63) is 47.0 Å². The van der Waals surface area contributed by atoms with Crippen molar-refractivity contribution in [3.63, 3.8) is 0 Å². The summed E-state index contributed by atoms with van der Waals surface area (Å²) in [6, 6.07) is 8.92. The molecule has 0 atom stereocenters. The van der Waals surface area contributed by atoms with Crippen LogP contribution in [0.15, 0.2) is 30.3 Å². The van der Waals surface area contributed by atoms with Crippen molar-refractivity contribution in [1.82, 2.24) is 0 Å². The molecule has 0 unspecified atom stereocenters. The molecular weight excluding hydrogens is 322 g/mol. The number of hydrogen-bond donors (Lipinski definition) is 1. The Kier molecular flexibility index (Phi) is 4.02. The summed E-state index contributed by atoms with van der Waals surface area (Å²) in [5.74, 6) is 6.21. The van der Waals surface area contributed by atoms with Crippen LogP contribution in [0.25, 0.3) is 11.1 Å². The SMILES string of the molecule is CC#Cc1c(C)c(-c2ccccc2O)cc2c1CCN2S(C)(=O)=O. The maximum Gasteiger partial charge on any atom is 0.232 e. The van der Waals surface area contributed by atoms with E-state index >= 15 is 0 Å². The van der Waals surface area contributed by atoms with Crippen LogP contribution in [-0.2, 0) is 16.4 Å². The van der Waals surface area contributed by atoms with E-state index in [2.05, 4.69) is 11.8 Å². The van der Waals surface area contributed by atoms with Crippen LogP contribution in [-0.4, -0.2) is 26.3 Å². The van der Waals surface area contributed by atoms with Crippen LogP contribution in [0.2, 0.25) is 0 Å². The van der Waals surface area contributed by atoms with Crippen molar-refractivity contribution in [3.8, 4) is 28.7 Å². The van der Waals surface area contributed by atoms with Gasteiger partial charge in [0.15, 0.2) is 0 Å². The van der Waals surface area contributed by atoms with E-state index in [0.29, 0.717) is 24.2 Å². The number of phenols is 1. The predicted molar refractivity (Wildman–Crippen MR) is 96.7 cm³/mol. The van der Waals surface area contributed by atoms with E-state index in [1.807, 2.05) is 25.1 Å². The largest absolute Gasteiger partial charge is 0.507 e. The molecule has 0 radical (unpaired) electrons. The highest BCUT2D eigenvalue weighted by atomic mass is 32.2. The normalized spacial score (nSPS) is 13.4. The molecule has 2 aromatic carbocycles. The van der Waals surface area contributed by atoms with Gasteiger partial charge in [0.25, 0.3) is 0 Å². The van der Waals surface area contributed by atoms with Gasteiger partial charge in [-0.25, -0.2) is 8.42 Å². The number of phenolic OH excluding ortho intramolecular Hbond substituents is 1. The quantitative estimate of drug-likeness (QED) is 0.854. The monoisotopic (exact) mass is 341 g/mol. The predicted octanol–water partition coefficient (Wildman–Crippen LogP) is 3.06. The minimum atomic E-state index is -3.35. The molecule has 124 valence electrons. The Balaban J connectivity index is 2.35. The summed E-state index contributed by atoms with van der Waals surface area (Å²) in [5, 5.41) is 10.2. The molecular formula is C19H19NO3S. The number of rotatable bonds is 2. The number of nitrogens with zero attached hydrogens (tertiary/aromatic N) is 1. The summed E-state index contributed by atoms with van der Waals surface area (Å²) in [6.07, 6.45) is 1.86. The van der Waals surface area contributed by atoms with Gasteiger partial charge in [0.2, 0.25) is 10.0 Å². The van der Waals surface area contributed by atoms with Crippen LogP contribution in [0.4, 0.5) is 5.69 Å². The maximum atomic E-state index is 12.1. The fourth-order valence-corrected chi connectivity index (χ4v) is 4.19. The van der Waals surface area contributed by atoms with E-state index in [1.165, 1.54) is 10.6 Å². The lowest BCUT2D eigenvalue weighted by atomic mass is 9.91. The first kappa shape index (κ1) is 16.4. The average Bonchev–Trinajstić information content (AvgIpc) is 2.94. The molecule has 1 aliphatic rings. The summed E-state index contributed by atoms with van der Waals surface area (Å²) in [6.45, 7) is 4.16. The summed E-state index contributed by atoms with van der Waals surface area (Å²) in [7, 11) is -3.35. The van der Waals surface area contributed by atoms with Crippen LogP contribution in [0.1, 0.15) is 23.6 Å². The van der Waals surface area contributed by atoms with Crippen LogP contribution in [0.3, 0.4) is 0 Å². The fourth-order valence-electron chi connectivity index (χ4n) is 3.25. The minimum absolute atomic E-state index is 0.167. The van der Waals surface area contributed by atoms with Gasteiger partial charge in [0, 0.05) is 17.7 Å². The number of anilines is 1. The van der Waals surface area contributed by atoms with Gasteiger partial charge in [0.1, 0.15) is 5.75 Å². The Morgan fingerprint density at radius 3 is 2.54 bits per heavy atom. The van der Waals surface area contributed by atoms with Crippen molar-refractivity contribution < 1.29 is 13.5 Å². The molecule has 0 fully saturated rings. The van der Waals surface area contributed by atoms with Gasteiger partial charge in [-0.15, -0.1) is 5.92 Å². The second-order valence-corrected chi connectivity index (χ2v) is 7.81. The Morgan fingerprint density at radius 2 is 1.92 bits per heavy atom. The zero-order chi connectivity index (χ0) is 17.5. The summed E-state index contributed by atoms with van der Waals surface area (Å²) >= 11 is 0. The molecule has 0 amide bonds. The first-order chi connectivity index (χ1) is 11.3. The number of para-hydroxylation sites is 1. The molecule has 0 aliphatic carbocycles. The lowest BCUT2D eigenvalue weighted by Crippen LogP contribution is -2.27. The third-order valence-corrected chi connectivity index (χ3v) is 5.53. The number of benzene rings is 2. The second kappa shape index (κ2) is 5.88. The maximum absolute atomic E-state index is 12.1. The molecule has 0 saturated heterocycles. The molecule has 0 spiro atoms. The third-order valence-electron chi connectivity index (χ3n) is 4.35. The van der Waals surface area contributed by atoms with Gasteiger partial charge in [-0.3, -0.25) is 4.31 Å². The Morgan fingerprint density at radius 1 is 1.21 bits per heavy atom. The number of sulfonamides is 1. The molecule has 1 aliphatic heterocycles. The molecule has 2 aromatic rings. The van der Waals surface area contributed by atoms with Crippen LogP contribution < -0.4 is 4.31 Å². The molecule has 24 heavy (non-hydrogen) atoms. The van der Waals surface area contributed by atoms with Crippen molar-refractivity contribution in [2.24, 2.45) is 0 Å². The van der Waals surface area contributed by atoms with E-state index in [-0.39, 0.29) is 5.75 Å². The van der Waals surface area contributed by atoms with E-state index in [1.54, 1.807) is 19.1 Å². The Bertz CT molecular complexity index is 982. The van der Waals surface area contributed by atoms with Crippen LogP contribution >= 0.6 is 0 Å². The van der Waals surface area contributed by atoms with Crippen molar-refractivity contribution in [2.75, 3.05) is 17.1 Å². The molecule has 1 heterocycles. The first-order valence-corrected chi connectivity index (χ1v) is 9.54. The van der Waals surface area contributed by atoms with E-state index in [0.717, 1.165) is 22.3 Å². The van der Waals surface area contributed by atoms with E-state index < -0.39 is 10.0 Å². The standard InChI is InChI=1S/C19H19NO3S/c1-4-7-14-13(2)17(16-8-5-6-9-19(16)21)12-18-15(14)10-11-20(18)24(3,22)23/h5-6,8-9,12,21H,10-11H2,1-3H3. The Labute approximate surface area is 142 Å². The highest BCUT2D eigenvalue weighted by molar-refractivity contribution is 7.92. The van der Waals surface area contributed by atoms with Gasteiger partial charge in [-0.1, -0.05) is 24.1 Å². The lowest BCUT2D eigenvalue weighted by molar-refractivity contribution is 0.477. The topological polar surface area (TPSA) is 57.6 Å². The number of hydrogen-bond acceptors (Lipinski definition) is 3. The van der Waals surface area contributed by atoms with Gasteiger partial charge >= 0.3 is 0 Å². The van der Waals surface area contributed by atoms with E-state index in [4.69, 9.17) is 0 Å². The number of aromatic hydroxyl groups is 1. The van der Waals surface area contributed by atoms with Gasteiger partial charge in [0.05, 0.1) is 11.9 Å². The van der Waals surface area contributed by atoms with Crippen molar-refractivity contribution in [1.29, 1.82) is 0 Å². The molecule has 3 rings (SSSR count). The highest BCUT2D eigenvalue weighted by Crippen LogP contribution is 2.41. The van der Waals surface area contributed by atoms with Gasteiger partial charge in [-0.2, -0.15) is 0 Å². The molecule has 1 N–H and O–H groups in total. The first-order valence-electron chi connectivity index (χ1n) is 7.70. The molecule has 5 heteroatoms. The van der Waals surface area contributed by atoms with Gasteiger partial charge < -0.3 is 5.11 Å². The average molecular weight is 341 g/mol. The van der Waals surface area contributed by atoms with Crippen molar-refractivity contribution >= 4 is 15.7 Å². The molecule has 4 nitrogen and oxygen atoms in total. The highest BCUT2D eigenvalue weighted by Gasteiger charge is 2.30. The lowest BCUT2D eigenvalue weighted by Gasteiger charge is -2.20. The summed E-state index contributed by atoms with van der Waals surface area (Å²) in [4.78, 5) is 0.